The summed E-state index contributed by atoms with van der Waals surface area (Å²) in [5.41, 5.74) is 2.05. The van der Waals surface area contributed by atoms with Crippen LogP contribution in [0.25, 0.3) is 5.69 Å². The van der Waals surface area contributed by atoms with Crippen molar-refractivity contribution in [1.29, 1.82) is 0 Å². The van der Waals surface area contributed by atoms with E-state index >= 15 is 0 Å². The molecule has 1 heterocycles. The van der Waals surface area contributed by atoms with Crippen molar-refractivity contribution < 1.29 is 31.9 Å². The fourth-order valence-corrected chi connectivity index (χ4v) is 4.29. The van der Waals surface area contributed by atoms with Crippen molar-refractivity contribution in [3.05, 3.63) is 76.9 Å². The van der Waals surface area contributed by atoms with Crippen LogP contribution in [0.4, 0.5) is 4.39 Å². The number of aromatic nitrogens is 1. The molecule has 34 heavy (non-hydrogen) atoms. The number of rotatable bonds is 9. The molecule has 0 saturated heterocycles. The molecule has 0 bridgehead atoms. The molecule has 0 aliphatic carbocycles. The maximum absolute atomic E-state index is 14.1. The first kappa shape index (κ1) is 25.1. The quantitative estimate of drug-likeness (QED) is 0.365. The lowest BCUT2D eigenvalue weighted by atomic mass is 10.1. The number of benzene rings is 2. The maximum atomic E-state index is 14.1. The highest BCUT2D eigenvalue weighted by Gasteiger charge is 2.22. The van der Waals surface area contributed by atoms with Crippen molar-refractivity contribution in [3.8, 4) is 11.4 Å². The predicted molar refractivity (Wildman–Crippen MR) is 124 cm³/mol. The lowest BCUT2D eigenvalue weighted by molar-refractivity contribution is 0.0469. The Hall–Kier alpha value is -3.50. The molecular formula is C24H25FN2O6S. The topological polar surface area (TPSA) is 104 Å². The predicted octanol–water partition coefficient (Wildman–Crippen LogP) is 3.58. The molecule has 0 fully saturated rings. The van der Waals surface area contributed by atoms with Crippen LogP contribution in [0.2, 0.25) is 0 Å². The smallest absolute Gasteiger partial charge is 0.341 e. The van der Waals surface area contributed by atoms with Gasteiger partial charge < -0.3 is 14.0 Å². The van der Waals surface area contributed by atoms with Crippen LogP contribution in [0.1, 0.15) is 39.0 Å². The number of nitrogens with one attached hydrogen (secondary N) is 1. The monoisotopic (exact) mass is 488 g/mol. The van der Waals surface area contributed by atoms with Crippen LogP contribution >= 0.6 is 0 Å². The van der Waals surface area contributed by atoms with Crippen molar-refractivity contribution >= 4 is 21.8 Å². The zero-order valence-corrected chi connectivity index (χ0v) is 20.0. The highest BCUT2D eigenvalue weighted by atomic mass is 32.2. The van der Waals surface area contributed by atoms with E-state index in [1.54, 1.807) is 13.0 Å². The molecule has 3 aromatic rings. The molecule has 2 aromatic carbocycles. The summed E-state index contributed by atoms with van der Waals surface area (Å²) >= 11 is 0. The molecule has 0 unspecified atom stereocenters. The minimum Gasteiger partial charge on any atom is -0.494 e. The molecule has 10 heteroatoms. The van der Waals surface area contributed by atoms with E-state index in [-0.39, 0.29) is 4.90 Å². The Kier molecular flexibility index (Phi) is 7.53. The third-order valence-corrected chi connectivity index (χ3v) is 6.62. The molecule has 0 spiro atoms. The summed E-state index contributed by atoms with van der Waals surface area (Å²) in [6.07, 6.45) is 0. The Morgan fingerprint density at radius 1 is 1.03 bits per heavy atom. The van der Waals surface area contributed by atoms with Gasteiger partial charge in [-0.2, -0.15) is 0 Å². The molecule has 1 N–H and O–H groups in total. The van der Waals surface area contributed by atoms with Gasteiger partial charge in [-0.15, -0.1) is 0 Å². The summed E-state index contributed by atoms with van der Waals surface area (Å²) < 4.78 is 52.4. The van der Waals surface area contributed by atoms with Crippen LogP contribution in [0.15, 0.2) is 53.4 Å². The molecule has 0 aliphatic heterocycles. The number of aryl methyl sites for hydroxylation is 1. The first-order chi connectivity index (χ1) is 16.1. The third kappa shape index (κ3) is 5.18. The van der Waals surface area contributed by atoms with Gasteiger partial charge in [-0.25, -0.2) is 22.3 Å². The van der Waals surface area contributed by atoms with E-state index in [0.29, 0.717) is 17.9 Å². The van der Waals surface area contributed by atoms with Gasteiger partial charge in [-0.3, -0.25) is 4.79 Å². The Morgan fingerprint density at radius 2 is 1.71 bits per heavy atom. The van der Waals surface area contributed by atoms with Gasteiger partial charge in [-0.05, 0) is 76.3 Å². The van der Waals surface area contributed by atoms with E-state index in [1.165, 1.54) is 7.05 Å². The third-order valence-electron chi connectivity index (χ3n) is 5.21. The molecule has 8 nitrogen and oxygen atoms in total. The Bertz CT molecular complexity index is 1330. The lowest BCUT2D eigenvalue weighted by Gasteiger charge is -2.11. The van der Waals surface area contributed by atoms with E-state index in [4.69, 9.17) is 9.47 Å². The molecule has 3 rings (SSSR count). The average molecular weight is 489 g/mol. The van der Waals surface area contributed by atoms with Crippen molar-refractivity contribution in [2.24, 2.45) is 0 Å². The average Bonchev–Trinajstić information content (AvgIpc) is 3.12. The van der Waals surface area contributed by atoms with Crippen LogP contribution in [0.3, 0.4) is 0 Å². The number of ketones is 1. The number of carbonyl (C=O) groups excluding carboxylic acids is 2. The Balaban J connectivity index is 1.78. The first-order valence-corrected chi connectivity index (χ1v) is 11.9. The van der Waals surface area contributed by atoms with Gasteiger partial charge in [0.05, 0.1) is 17.1 Å². The summed E-state index contributed by atoms with van der Waals surface area (Å²) in [4.78, 5) is 24.9. The van der Waals surface area contributed by atoms with Gasteiger partial charge in [0.25, 0.3) is 0 Å². The van der Waals surface area contributed by atoms with Crippen molar-refractivity contribution in [3.63, 3.8) is 0 Å². The number of esters is 1. The number of Topliss-reactive ketones (excluding diaryl/α,β-unsaturated/α-hetero) is 1. The van der Waals surface area contributed by atoms with Crippen molar-refractivity contribution in [2.45, 2.75) is 25.7 Å². The Labute approximate surface area is 197 Å². The fraction of sp³-hybridized carbons (Fsp3) is 0.250. The minimum absolute atomic E-state index is 0.298. The van der Waals surface area contributed by atoms with Crippen LogP contribution in [0.5, 0.6) is 5.75 Å². The zero-order chi connectivity index (χ0) is 25.0. The van der Waals surface area contributed by atoms with Crippen LogP contribution in [0, 0.1) is 19.7 Å². The number of ether oxygens (including phenoxy) is 2. The van der Waals surface area contributed by atoms with Gasteiger partial charge in [0.1, 0.15) is 11.6 Å². The molecular weight excluding hydrogens is 463 g/mol. The van der Waals surface area contributed by atoms with Gasteiger partial charge in [0.15, 0.2) is 6.61 Å². The fourth-order valence-electron chi connectivity index (χ4n) is 3.53. The van der Waals surface area contributed by atoms with Gasteiger partial charge >= 0.3 is 5.97 Å². The van der Waals surface area contributed by atoms with E-state index < -0.39 is 39.8 Å². The largest absolute Gasteiger partial charge is 0.494 e. The van der Waals surface area contributed by atoms with Crippen LogP contribution in [-0.4, -0.2) is 45.0 Å². The zero-order valence-electron chi connectivity index (χ0n) is 19.2. The van der Waals surface area contributed by atoms with E-state index in [9.17, 15) is 22.4 Å². The van der Waals surface area contributed by atoms with E-state index in [2.05, 4.69) is 4.72 Å². The van der Waals surface area contributed by atoms with Crippen molar-refractivity contribution in [2.75, 3.05) is 20.3 Å². The van der Waals surface area contributed by atoms with Crippen LogP contribution in [-0.2, 0) is 14.8 Å². The SMILES string of the molecule is CCOc1ccc(-n2c(C)cc(C(=O)COC(=O)c3cc(S(=O)(=O)NC)ccc3F)c2C)cc1. The molecule has 0 radical (unpaired) electrons. The molecule has 0 saturated carbocycles. The molecule has 0 amide bonds. The molecule has 180 valence electrons. The second-order valence-corrected chi connectivity index (χ2v) is 9.28. The van der Waals surface area contributed by atoms with Crippen LogP contribution < -0.4 is 9.46 Å². The standard InChI is InChI=1S/C24H25FN2O6S/c1-5-32-18-8-6-17(7-9-18)27-15(2)12-20(16(27)3)23(28)14-33-24(29)21-13-19(10-11-22(21)25)34(30,31)26-4/h6-13,26H,5,14H2,1-4H3. The Morgan fingerprint density at radius 3 is 2.32 bits per heavy atom. The number of carbonyl (C=O) groups is 2. The second kappa shape index (κ2) is 10.2. The minimum atomic E-state index is -3.89. The van der Waals surface area contributed by atoms with Gasteiger partial charge in [0.2, 0.25) is 15.8 Å². The molecule has 0 aliphatic rings. The van der Waals surface area contributed by atoms with E-state index in [0.717, 1.165) is 35.3 Å². The summed E-state index contributed by atoms with van der Waals surface area (Å²) in [7, 11) is -2.69. The number of hydrogen-bond acceptors (Lipinski definition) is 6. The number of hydrogen-bond donors (Lipinski definition) is 1. The summed E-state index contributed by atoms with van der Waals surface area (Å²) in [5, 5.41) is 0. The van der Waals surface area contributed by atoms with Crippen molar-refractivity contribution in [1.82, 2.24) is 9.29 Å². The number of halogens is 1. The normalized spacial score (nSPS) is 11.3. The summed E-state index contributed by atoms with van der Waals surface area (Å²) in [5.74, 6) is -1.84. The van der Waals surface area contributed by atoms with Gasteiger partial charge in [-0.1, -0.05) is 0 Å². The maximum Gasteiger partial charge on any atom is 0.341 e. The lowest BCUT2D eigenvalue weighted by Crippen LogP contribution is -2.20. The van der Waals surface area contributed by atoms with Gasteiger partial charge in [0, 0.05) is 22.6 Å². The summed E-state index contributed by atoms with van der Waals surface area (Å²) in [6, 6.07) is 11.8. The highest BCUT2D eigenvalue weighted by molar-refractivity contribution is 7.89. The summed E-state index contributed by atoms with van der Waals surface area (Å²) in [6.45, 7) is 5.43. The molecule has 1 aromatic heterocycles. The number of sulfonamides is 1. The first-order valence-electron chi connectivity index (χ1n) is 10.4. The highest BCUT2D eigenvalue weighted by Crippen LogP contribution is 2.24. The molecule has 0 atom stereocenters. The van der Waals surface area contributed by atoms with E-state index in [1.807, 2.05) is 42.7 Å². The second-order valence-electron chi connectivity index (χ2n) is 7.40. The number of nitrogens with zero attached hydrogens (tertiary/aromatic N) is 1.